The predicted molar refractivity (Wildman–Crippen MR) is 71.1 cm³/mol. The zero-order valence-corrected chi connectivity index (χ0v) is 10.2. The number of hydrogen-bond donors (Lipinski definition) is 2. The summed E-state index contributed by atoms with van der Waals surface area (Å²) in [5, 5.41) is 12.1. The van der Waals surface area contributed by atoms with Gasteiger partial charge in [0.25, 0.3) is 0 Å². The van der Waals surface area contributed by atoms with Crippen LogP contribution < -0.4 is 5.32 Å². The molecule has 1 aromatic carbocycles. The molecule has 3 heteroatoms. The van der Waals surface area contributed by atoms with E-state index in [0.29, 0.717) is 6.04 Å². The van der Waals surface area contributed by atoms with Gasteiger partial charge in [0.2, 0.25) is 0 Å². The lowest BCUT2D eigenvalue weighted by Crippen LogP contribution is -2.30. The second-order valence-electron chi connectivity index (χ2n) is 5.15. The topological polar surface area (TPSA) is 40.7 Å². The molecule has 17 heavy (non-hydrogen) atoms. The third-order valence-corrected chi connectivity index (χ3v) is 3.93. The number of aromatic amines is 1. The zero-order chi connectivity index (χ0) is 11.7. The standard InChI is InChI=1S/C14H19N3/c1-10-5-2-3-7-12(10)16-13-8-4-6-11-9-15-17-14(11)13/h4,6,8-10,12,16H,2-3,5,7H2,1H3,(H,15,17). The third-order valence-electron chi connectivity index (χ3n) is 3.93. The SMILES string of the molecule is CC1CCCCC1Nc1cccc2cn[nH]c12. The summed E-state index contributed by atoms with van der Waals surface area (Å²) in [6.45, 7) is 2.35. The molecule has 2 N–H and O–H groups in total. The maximum atomic E-state index is 4.11. The first-order chi connectivity index (χ1) is 8.34. The monoisotopic (exact) mass is 229 g/mol. The van der Waals surface area contributed by atoms with Gasteiger partial charge in [-0.1, -0.05) is 31.9 Å². The Morgan fingerprint density at radius 3 is 3.06 bits per heavy atom. The molecule has 0 aliphatic heterocycles. The van der Waals surface area contributed by atoms with Crippen LogP contribution in [0.5, 0.6) is 0 Å². The van der Waals surface area contributed by atoms with E-state index in [9.17, 15) is 0 Å². The van der Waals surface area contributed by atoms with Crippen molar-refractivity contribution >= 4 is 16.6 Å². The number of nitrogens with one attached hydrogen (secondary N) is 2. The van der Waals surface area contributed by atoms with Gasteiger partial charge < -0.3 is 5.32 Å². The van der Waals surface area contributed by atoms with Crippen LogP contribution in [0.2, 0.25) is 0 Å². The number of rotatable bonds is 2. The van der Waals surface area contributed by atoms with Crippen LogP contribution in [-0.2, 0) is 0 Å². The summed E-state index contributed by atoms with van der Waals surface area (Å²) in [7, 11) is 0. The van der Waals surface area contributed by atoms with Gasteiger partial charge in [0.1, 0.15) is 0 Å². The van der Waals surface area contributed by atoms with E-state index in [1.54, 1.807) is 0 Å². The van der Waals surface area contributed by atoms with Gasteiger partial charge in [0.15, 0.2) is 0 Å². The molecule has 0 spiro atoms. The van der Waals surface area contributed by atoms with Gasteiger partial charge in [-0.15, -0.1) is 0 Å². The van der Waals surface area contributed by atoms with Gasteiger partial charge in [0.05, 0.1) is 17.4 Å². The lowest BCUT2D eigenvalue weighted by molar-refractivity contribution is 0.350. The van der Waals surface area contributed by atoms with Gasteiger partial charge >= 0.3 is 0 Å². The van der Waals surface area contributed by atoms with Gasteiger partial charge in [-0.25, -0.2) is 0 Å². The molecule has 0 bridgehead atoms. The highest BCUT2D eigenvalue weighted by molar-refractivity contribution is 5.90. The minimum Gasteiger partial charge on any atom is -0.380 e. The fraction of sp³-hybridized carbons (Fsp3) is 0.500. The Morgan fingerprint density at radius 1 is 1.29 bits per heavy atom. The molecule has 1 aromatic heterocycles. The van der Waals surface area contributed by atoms with Crippen LogP contribution in [0.15, 0.2) is 24.4 Å². The molecular formula is C14H19N3. The van der Waals surface area contributed by atoms with Crippen molar-refractivity contribution in [2.75, 3.05) is 5.32 Å². The van der Waals surface area contributed by atoms with Gasteiger partial charge in [0, 0.05) is 11.4 Å². The highest BCUT2D eigenvalue weighted by Gasteiger charge is 2.21. The predicted octanol–water partition coefficient (Wildman–Crippen LogP) is 3.55. The maximum Gasteiger partial charge on any atom is 0.0881 e. The third kappa shape index (κ3) is 2.02. The quantitative estimate of drug-likeness (QED) is 0.826. The summed E-state index contributed by atoms with van der Waals surface area (Å²) < 4.78 is 0. The van der Waals surface area contributed by atoms with Gasteiger partial charge in [-0.05, 0) is 24.8 Å². The number of benzene rings is 1. The lowest BCUT2D eigenvalue weighted by atomic mass is 9.86. The van der Waals surface area contributed by atoms with Crippen molar-refractivity contribution in [3.05, 3.63) is 24.4 Å². The lowest BCUT2D eigenvalue weighted by Gasteiger charge is -2.30. The fourth-order valence-electron chi connectivity index (χ4n) is 2.82. The summed E-state index contributed by atoms with van der Waals surface area (Å²) in [6, 6.07) is 6.93. The molecule has 1 heterocycles. The summed E-state index contributed by atoms with van der Waals surface area (Å²) in [6.07, 6.45) is 7.24. The Kier molecular flexibility index (Phi) is 2.75. The highest BCUT2D eigenvalue weighted by atomic mass is 15.1. The summed E-state index contributed by atoms with van der Waals surface area (Å²) in [5.74, 6) is 0.766. The van der Waals surface area contributed by atoms with Crippen LogP contribution in [-0.4, -0.2) is 16.2 Å². The molecule has 1 saturated carbocycles. The molecule has 1 aliphatic carbocycles. The van der Waals surface area contributed by atoms with Crippen molar-refractivity contribution in [3.8, 4) is 0 Å². The number of anilines is 1. The van der Waals surface area contributed by atoms with E-state index in [1.165, 1.54) is 36.8 Å². The first-order valence-corrected chi connectivity index (χ1v) is 6.53. The maximum absolute atomic E-state index is 4.11. The molecule has 3 rings (SSSR count). The second kappa shape index (κ2) is 4.40. The van der Waals surface area contributed by atoms with Crippen LogP contribution in [0.25, 0.3) is 10.9 Å². The van der Waals surface area contributed by atoms with E-state index >= 15 is 0 Å². The molecule has 2 atom stereocenters. The molecule has 0 amide bonds. The minimum absolute atomic E-state index is 0.609. The molecule has 1 fully saturated rings. The summed E-state index contributed by atoms with van der Waals surface area (Å²) >= 11 is 0. The summed E-state index contributed by atoms with van der Waals surface area (Å²) in [4.78, 5) is 0. The Bertz CT molecular complexity index is 503. The normalized spacial score (nSPS) is 25.0. The van der Waals surface area contributed by atoms with Crippen molar-refractivity contribution in [2.45, 2.75) is 38.6 Å². The average Bonchev–Trinajstić information content (AvgIpc) is 2.81. The van der Waals surface area contributed by atoms with E-state index in [-0.39, 0.29) is 0 Å². The van der Waals surface area contributed by atoms with Crippen LogP contribution in [0.4, 0.5) is 5.69 Å². The van der Waals surface area contributed by atoms with Crippen LogP contribution >= 0.6 is 0 Å². The first kappa shape index (κ1) is 10.6. The van der Waals surface area contributed by atoms with E-state index in [1.807, 2.05) is 6.20 Å². The van der Waals surface area contributed by atoms with E-state index in [2.05, 4.69) is 40.6 Å². The molecule has 3 nitrogen and oxygen atoms in total. The van der Waals surface area contributed by atoms with Crippen LogP contribution in [0.3, 0.4) is 0 Å². The number of nitrogens with zero attached hydrogens (tertiary/aromatic N) is 1. The second-order valence-corrected chi connectivity index (χ2v) is 5.15. The Morgan fingerprint density at radius 2 is 2.18 bits per heavy atom. The summed E-state index contributed by atoms with van der Waals surface area (Å²) in [5.41, 5.74) is 2.32. The van der Waals surface area contributed by atoms with E-state index < -0.39 is 0 Å². The number of para-hydroxylation sites is 1. The smallest absolute Gasteiger partial charge is 0.0881 e. The van der Waals surface area contributed by atoms with Crippen molar-refractivity contribution < 1.29 is 0 Å². The van der Waals surface area contributed by atoms with Crippen molar-refractivity contribution in [3.63, 3.8) is 0 Å². The number of aromatic nitrogens is 2. The number of hydrogen-bond acceptors (Lipinski definition) is 2. The number of H-pyrrole nitrogens is 1. The Labute approximate surface area is 102 Å². The molecular weight excluding hydrogens is 210 g/mol. The van der Waals surface area contributed by atoms with Crippen molar-refractivity contribution in [1.82, 2.24) is 10.2 Å². The number of fused-ring (bicyclic) bond motifs is 1. The average molecular weight is 229 g/mol. The van der Waals surface area contributed by atoms with Crippen LogP contribution in [0.1, 0.15) is 32.6 Å². The van der Waals surface area contributed by atoms with Gasteiger partial charge in [-0.2, -0.15) is 5.10 Å². The molecule has 0 radical (unpaired) electrons. The first-order valence-electron chi connectivity index (χ1n) is 6.53. The Balaban J connectivity index is 1.86. The fourth-order valence-corrected chi connectivity index (χ4v) is 2.82. The molecule has 2 aromatic rings. The minimum atomic E-state index is 0.609. The van der Waals surface area contributed by atoms with Crippen molar-refractivity contribution in [1.29, 1.82) is 0 Å². The molecule has 0 saturated heterocycles. The molecule has 2 unspecified atom stereocenters. The van der Waals surface area contributed by atoms with Crippen LogP contribution in [0, 0.1) is 5.92 Å². The Hall–Kier alpha value is -1.51. The largest absolute Gasteiger partial charge is 0.380 e. The zero-order valence-electron chi connectivity index (χ0n) is 10.2. The molecule has 1 aliphatic rings. The highest BCUT2D eigenvalue weighted by Crippen LogP contribution is 2.29. The van der Waals surface area contributed by atoms with Crippen molar-refractivity contribution in [2.24, 2.45) is 5.92 Å². The molecule has 90 valence electrons. The van der Waals surface area contributed by atoms with E-state index in [0.717, 1.165) is 11.4 Å². The van der Waals surface area contributed by atoms with E-state index in [4.69, 9.17) is 0 Å². The van der Waals surface area contributed by atoms with Gasteiger partial charge in [-0.3, -0.25) is 5.10 Å².